The zero-order chi connectivity index (χ0) is 14.1. The molecule has 1 aromatic carbocycles. The average Bonchev–Trinajstić information content (AvgIpc) is 2.37. The summed E-state index contributed by atoms with van der Waals surface area (Å²) in [5.41, 5.74) is -0.234. The van der Waals surface area contributed by atoms with E-state index >= 15 is 0 Å². The second-order valence-corrected chi connectivity index (χ2v) is 3.55. The minimum atomic E-state index is -0.625. The number of rotatable bonds is 4. The molecule has 0 aliphatic heterocycles. The highest BCUT2D eigenvalue weighted by atomic mass is 35.5. The van der Waals surface area contributed by atoms with Crippen molar-refractivity contribution in [3.63, 3.8) is 0 Å². The van der Waals surface area contributed by atoms with E-state index in [2.05, 4.69) is 9.47 Å². The quantitative estimate of drug-likeness (QED) is 0.365. The molecule has 0 bridgehead atoms. The Morgan fingerprint density at radius 3 is 2.28 bits per heavy atom. The molecular formula is C11H14ClNO5. The van der Waals surface area contributed by atoms with E-state index in [1.807, 2.05) is 6.92 Å². The summed E-state index contributed by atoms with van der Waals surface area (Å²) in [5, 5.41) is 10.6. The van der Waals surface area contributed by atoms with E-state index in [9.17, 15) is 14.9 Å². The van der Waals surface area contributed by atoms with Gasteiger partial charge < -0.3 is 9.47 Å². The molecule has 0 aliphatic carbocycles. The summed E-state index contributed by atoms with van der Waals surface area (Å²) in [4.78, 5) is 20.0. The van der Waals surface area contributed by atoms with Crippen LogP contribution in [0.2, 0.25) is 5.02 Å². The summed E-state index contributed by atoms with van der Waals surface area (Å²) in [6, 6.07) is 3.82. The van der Waals surface area contributed by atoms with Crippen LogP contribution in [0.15, 0.2) is 18.2 Å². The third-order valence-corrected chi connectivity index (χ3v) is 2.21. The third-order valence-electron chi connectivity index (χ3n) is 1.98. The molecule has 0 N–H and O–H groups in total. The van der Waals surface area contributed by atoms with Crippen LogP contribution in [0.25, 0.3) is 0 Å². The van der Waals surface area contributed by atoms with Gasteiger partial charge in [-0.15, -0.1) is 0 Å². The number of methoxy groups -OCH3 is 2. The van der Waals surface area contributed by atoms with Crippen LogP contribution >= 0.6 is 11.6 Å². The molecular weight excluding hydrogens is 262 g/mol. The number of carbonyl (C=O) groups is 1. The monoisotopic (exact) mass is 275 g/mol. The Morgan fingerprint density at radius 1 is 1.39 bits per heavy atom. The van der Waals surface area contributed by atoms with Gasteiger partial charge in [-0.25, -0.2) is 0 Å². The van der Waals surface area contributed by atoms with E-state index in [-0.39, 0.29) is 17.5 Å². The van der Waals surface area contributed by atoms with Crippen molar-refractivity contribution < 1.29 is 19.2 Å². The molecule has 0 saturated carbocycles. The van der Waals surface area contributed by atoms with Crippen molar-refractivity contribution in [1.82, 2.24) is 0 Å². The molecule has 0 amide bonds. The number of carbonyl (C=O) groups excluding carboxylic acids is 1. The van der Waals surface area contributed by atoms with Gasteiger partial charge in [-0.3, -0.25) is 14.9 Å². The van der Waals surface area contributed by atoms with E-state index in [0.717, 1.165) is 0 Å². The second kappa shape index (κ2) is 8.57. The van der Waals surface area contributed by atoms with E-state index in [1.54, 1.807) is 14.2 Å². The van der Waals surface area contributed by atoms with Crippen LogP contribution in [0.4, 0.5) is 5.69 Å². The van der Waals surface area contributed by atoms with Crippen molar-refractivity contribution >= 4 is 23.6 Å². The molecule has 1 aromatic rings. The minimum Gasteiger partial charge on any atom is -0.356 e. The van der Waals surface area contributed by atoms with Gasteiger partial charge in [0, 0.05) is 25.3 Å². The SMILES string of the molecule is COC(C)OC.O=Cc1cc(Cl)ccc1[N+](=O)[O-]. The normalized spacial score (nSPS) is 9.61. The molecule has 1 rings (SSSR count). The predicted octanol–water partition coefficient (Wildman–Crippen LogP) is 2.69. The first-order chi connectivity index (χ1) is 8.46. The highest BCUT2D eigenvalue weighted by Crippen LogP contribution is 2.20. The topological polar surface area (TPSA) is 78.7 Å². The van der Waals surface area contributed by atoms with Gasteiger partial charge in [0.2, 0.25) is 0 Å². The van der Waals surface area contributed by atoms with Crippen LogP contribution in [-0.4, -0.2) is 31.7 Å². The lowest BCUT2D eigenvalue weighted by Gasteiger charge is -2.03. The molecule has 18 heavy (non-hydrogen) atoms. The molecule has 100 valence electrons. The number of hydrogen-bond donors (Lipinski definition) is 0. The first-order valence-electron chi connectivity index (χ1n) is 4.91. The summed E-state index contributed by atoms with van der Waals surface area (Å²) in [6.07, 6.45) is 0.342. The van der Waals surface area contributed by atoms with E-state index in [1.165, 1.54) is 18.2 Å². The molecule has 0 aliphatic rings. The van der Waals surface area contributed by atoms with E-state index in [4.69, 9.17) is 11.6 Å². The van der Waals surface area contributed by atoms with Crippen molar-refractivity contribution in [3.8, 4) is 0 Å². The van der Waals surface area contributed by atoms with Gasteiger partial charge in [-0.1, -0.05) is 11.6 Å². The maximum atomic E-state index is 10.3. The lowest BCUT2D eigenvalue weighted by molar-refractivity contribution is -0.385. The van der Waals surface area contributed by atoms with Crippen molar-refractivity contribution in [1.29, 1.82) is 0 Å². The smallest absolute Gasteiger partial charge is 0.279 e. The standard InChI is InChI=1S/C7H4ClNO3.C4H10O2/c8-6-1-2-7(9(11)12)5(3-6)4-10;1-4(5-2)6-3/h1-4H;4H,1-3H3. The lowest BCUT2D eigenvalue weighted by Crippen LogP contribution is -2.05. The number of hydrogen-bond acceptors (Lipinski definition) is 5. The number of nitro benzene ring substituents is 1. The number of aldehydes is 1. The number of benzene rings is 1. The summed E-state index contributed by atoms with van der Waals surface area (Å²) in [6.45, 7) is 1.83. The maximum Gasteiger partial charge on any atom is 0.279 e. The second-order valence-electron chi connectivity index (χ2n) is 3.12. The van der Waals surface area contributed by atoms with Crippen LogP contribution in [0, 0.1) is 10.1 Å². The molecule has 0 atom stereocenters. The molecule has 0 radical (unpaired) electrons. The van der Waals surface area contributed by atoms with Crippen LogP contribution in [-0.2, 0) is 9.47 Å². The van der Waals surface area contributed by atoms with Crippen LogP contribution < -0.4 is 0 Å². The fourth-order valence-corrected chi connectivity index (χ4v) is 1.06. The minimum absolute atomic E-state index is 0.00694. The largest absolute Gasteiger partial charge is 0.356 e. The Balaban J connectivity index is 0.000000411. The van der Waals surface area contributed by atoms with Gasteiger partial charge in [0.25, 0.3) is 5.69 Å². The van der Waals surface area contributed by atoms with Crippen molar-refractivity contribution in [2.75, 3.05) is 14.2 Å². The van der Waals surface area contributed by atoms with Crippen molar-refractivity contribution in [2.45, 2.75) is 13.2 Å². The Bertz CT molecular complexity index is 406. The Hall–Kier alpha value is -1.50. The summed E-state index contributed by atoms with van der Waals surface area (Å²) < 4.78 is 9.35. The summed E-state index contributed by atoms with van der Waals surface area (Å²) in [5.74, 6) is 0. The molecule has 0 aromatic heterocycles. The fraction of sp³-hybridized carbons (Fsp3) is 0.364. The zero-order valence-electron chi connectivity index (χ0n) is 10.3. The molecule has 0 saturated heterocycles. The van der Waals surface area contributed by atoms with Gasteiger partial charge >= 0.3 is 0 Å². The first-order valence-corrected chi connectivity index (χ1v) is 5.28. The third kappa shape index (κ3) is 5.72. The average molecular weight is 276 g/mol. The Morgan fingerprint density at radius 2 is 1.94 bits per heavy atom. The fourth-order valence-electron chi connectivity index (χ4n) is 0.882. The summed E-state index contributed by atoms with van der Waals surface area (Å²) >= 11 is 5.52. The van der Waals surface area contributed by atoms with Gasteiger partial charge in [-0.05, 0) is 19.1 Å². The zero-order valence-corrected chi connectivity index (χ0v) is 11.0. The highest BCUT2D eigenvalue weighted by molar-refractivity contribution is 6.30. The van der Waals surface area contributed by atoms with Gasteiger partial charge in [-0.2, -0.15) is 0 Å². The van der Waals surface area contributed by atoms with Gasteiger partial charge in [0.15, 0.2) is 12.6 Å². The Labute approximate surface area is 110 Å². The maximum absolute atomic E-state index is 10.3. The van der Waals surface area contributed by atoms with Gasteiger partial charge in [0.05, 0.1) is 10.5 Å². The predicted molar refractivity (Wildman–Crippen MR) is 67.0 cm³/mol. The number of nitro groups is 1. The summed E-state index contributed by atoms with van der Waals surface area (Å²) in [7, 11) is 3.21. The first kappa shape index (κ1) is 16.5. The van der Waals surface area contributed by atoms with Gasteiger partial charge in [0.1, 0.15) is 0 Å². The van der Waals surface area contributed by atoms with Crippen LogP contribution in [0.5, 0.6) is 0 Å². The molecule has 0 fully saturated rings. The lowest BCUT2D eigenvalue weighted by atomic mass is 10.2. The van der Waals surface area contributed by atoms with Crippen LogP contribution in [0.1, 0.15) is 17.3 Å². The number of ether oxygens (including phenoxy) is 2. The molecule has 0 unspecified atom stereocenters. The molecule has 0 heterocycles. The molecule has 7 heteroatoms. The highest BCUT2D eigenvalue weighted by Gasteiger charge is 2.12. The van der Waals surface area contributed by atoms with E-state index in [0.29, 0.717) is 11.3 Å². The van der Waals surface area contributed by atoms with Crippen molar-refractivity contribution in [3.05, 3.63) is 38.9 Å². The molecule has 0 spiro atoms. The Kier molecular flexibility index (Phi) is 7.86. The van der Waals surface area contributed by atoms with E-state index < -0.39 is 4.92 Å². The number of halogens is 1. The van der Waals surface area contributed by atoms with Crippen LogP contribution in [0.3, 0.4) is 0 Å². The number of nitrogens with zero attached hydrogens (tertiary/aromatic N) is 1. The van der Waals surface area contributed by atoms with Crippen molar-refractivity contribution in [2.24, 2.45) is 0 Å². The molecule has 6 nitrogen and oxygen atoms in total.